The molecule has 1 aromatic heterocycles. The molecule has 0 saturated carbocycles. The Balaban J connectivity index is 1.19. The van der Waals surface area contributed by atoms with Crippen molar-refractivity contribution in [3.63, 3.8) is 0 Å². The van der Waals surface area contributed by atoms with Crippen molar-refractivity contribution in [2.24, 2.45) is 11.8 Å². The van der Waals surface area contributed by atoms with E-state index in [1.165, 1.54) is 0 Å². The van der Waals surface area contributed by atoms with Gasteiger partial charge in [0.2, 0.25) is 5.91 Å². The van der Waals surface area contributed by atoms with Crippen LogP contribution in [0.3, 0.4) is 0 Å². The molecule has 5 heterocycles. The average Bonchev–Trinajstić information content (AvgIpc) is 2.98. The van der Waals surface area contributed by atoms with Crippen molar-refractivity contribution in [3.05, 3.63) is 69.1 Å². The first-order chi connectivity index (χ1) is 20.7. The molecule has 2 amide bonds. The molecule has 7 rings (SSSR count). The molecule has 0 N–H and O–H groups in total. The fourth-order valence-electron chi connectivity index (χ4n) is 7.84. The number of fused-ring (bicyclic) bond motifs is 7. The van der Waals surface area contributed by atoms with Gasteiger partial charge in [-0.25, -0.2) is 4.79 Å². The van der Waals surface area contributed by atoms with E-state index in [2.05, 4.69) is 4.90 Å². The highest BCUT2D eigenvalue weighted by Gasteiger charge is 2.45. The summed E-state index contributed by atoms with van der Waals surface area (Å²) in [6.45, 7) is 7.96. The molecule has 3 fully saturated rings. The Hall–Kier alpha value is -3.81. The molecule has 4 aliphatic heterocycles. The Labute approximate surface area is 251 Å². The molecule has 8 heteroatoms. The number of benzene rings is 2. The van der Waals surface area contributed by atoms with Crippen molar-refractivity contribution in [1.29, 1.82) is 0 Å². The molecule has 3 atom stereocenters. The predicted octanol–water partition coefficient (Wildman–Crippen LogP) is 5.03. The fraction of sp³-hybridized carbons (Fsp3) is 0.514. The SMILES string of the molecule is Cc1c(Cc2ccccc2)c(=O)oc2c3c(cc(OCC(=O)N4C[C@H]5C[C@@H](C4)[C@H]4CCCC(=O)N4C5)c12)OC(C)(C)CC3. The van der Waals surface area contributed by atoms with Crippen LogP contribution in [0, 0.1) is 18.8 Å². The molecule has 0 radical (unpaired) electrons. The van der Waals surface area contributed by atoms with E-state index in [4.69, 9.17) is 13.9 Å². The van der Waals surface area contributed by atoms with Crippen molar-refractivity contribution in [2.75, 3.05) is 26.2 Å². The highest BCUT2D eigenvalue weighted by Crippen LogP contribution is 2.44. The molecule has 0 unspecified atom stereocenters. The van der Waals surface area contributed by atoms with Crippen LogP contribution >= 0.6 is 0 Å². The maximum Gasteiger partial charge on any atom is 0.340 e. The number of piperidine rings is 3. The lowest BCUT2D eigenvalue weighted by molar-refractivity contribution is -0.149. The summed E-state index contributed by atoms with van der Waals surface area (Å²) < 4.78 is 18.7. The first-order valence-corrected chi connectivity index (χ1v) is 15.7. The fourth-order valence-corrected chi connectivity index (χ4v) is 7.84. The Bertz CT molecular complexity index is 1640. The smallest absolute Gasteiger partial charge is 0.340 e. The summed E-state index contributed by atoms with van der Waals surface area (Å²) in [5.41, 5.74) is 3.05. The van der Waals surface area contributed by atoms with Crippen molar-refractivity contribution in [1.82, 2.24) is 9.80 Å². The maximum absolute atomic E-state index is 13.6. The van der Waals surface area contributed by atoms with Crippen LogP contribution in [0.1, 0.15) is 68.2 Å². The molecule has 226 valence electrons. The van der Waals surface area contributed by atoms with Gasteiger partial charge in [-0.3, -0.25) is 9.59 Å². The van der Waals surface area contributed by atoms with Gasteiger partial charge in [0.15, 0.2) is 6.61 Å². The van der Waals surface area contributed by atoms with Crippen LogP contribution in [-0.2, 0) is 22.4 Å². The van der Waals surface area contributed by atoms with E-state index >= 15 is 0 Å². The average molecular weight is 585 g/mol. The lowest BCUT2D eigenvalue weighted by atomic mass is 9.76. The predicted molar refractivity (Wildman–Crippen MR) is 163 cm³/mol. The lowest BCUT2D eigenvalue weighted by Gasteiger charge is -2.52. The van der Waals surface area contributed by atoms with E-state index < -0.39 is 0 Å². The summed E-state index contributed by atoms with van der Waals surface area (Å²) in [6.07, 6.45) is 5.64. The number of nitrogens with zero attached hydrogens (tertiary/aromatic N) is 2. The molecule has 0 spiro atoms. The molecule has 4 aliphatic rings. The molecule has 2 bridgehead atoms. The minimum atomic E-state index is -0.365. The van der Waals surface area contributed by atoms with Gasteiger partial charge < -0.3 is 23.7 Å². The molecular formula is C35H40N2O6. The van der Waals surface area contributed by atoms with E-state index in [1.54, 1.807) is 0 Å². The standard InChI is InChI=1S/C35H40N2O6/c1-21-26(15-22-8-5-4-6-9-22)34(40)42-33-25-12-13-35(2,3)43-28(25)16-29(32(21)33)41-20-31(39)36-17-23-14-24(19-36)27-10-7-11-30(38)37(27)18-23/h4-6,8-9,16,23-24,27H,7,10-15,17-20H2,1-3H3/t23-,24+,27-/m1/s1. The van der Waals surface area contributed by atoms with Gasteiger partial charge in [0.25, 0.3) is 5.91 Å². The second-order valence-corrected chi connectivity index (χ2v) is 13.5. The second kappa shape index (κ2) is 10.7. The van der Waals surface area contributed by atoms with Crippen LogP contribution in [0.4, 0.5) is 0 Å². The third-order valence-corrected chi connectivity index (χ3v) is 10.0. The van der Waals surface area contributed by atoms with Crippen LogP contribution in [0.25, 0.3) is 11.0 Å². The van der Waals surface area contributed by atoms with Crippen LogP contribution in [0.5, 0.6) is 11.5 Å². The zero-order valence-corrected chi connectivity index (χ0v) is 25.3. The normalized spacial score (nSPS) is 24.3. The van der Waals surface area contributed by atoms with Gasteiger partial charge in [-0.2, -0.15) is 0 Å². The number of hydrogen-bond donors (Lipinski definition) is 0. The molecule has 8 nitrogen and oxygen atoms in total. The molecular weight excluding hydrogens is 544 g/mol. The lowest BCUT2D eigenvalue weighted by Crippen LogP contribution is -2.61. The number of likely N-dealkylation sites (tertiary alicyclic amines) is 1. The van der Waals surface area contributed by atoms with Crippen molar-refractivity contribution >= 4 is 22.8 Å². The van der Waals surface area contributed by atoms with Gasteiger partial charge in [0.05, 0.1) is 5.39 Å². The molecule has 0 aliphatic carbocycles. The van der Waals surface area contributed by atoms with Crippen LogP contribution in [0.2, 0.25) is 0 Å². The Morgan fingerprint density at radius 1 is 1.09 bits per heavy atom. The molecule has 3 aromatic rings. The van der Waals surface area contributed by atoms with E-state index in [9.17, 15) is 14.4 Å². The van der Waals surface area contributed by atoms with Gasteiger partial charge in [-0.15, -0.1) is 0 Å². The first kappa shape index (κ1) is 28.0. The van der Waals surface area contributed by atoms with E-state index in [-0.39, 0.29) is 35.7 Å². The summed E-state index contributed by atoms with van der Waals surface area (Å²) in [7, 11) is 0. The maximum atomic E-state index is 13.6. The Kier molecular flexibility index (Phi) is 6.98. The van der Waals surface area contributed by atoms with E-state index in [0.717, 1.165) is 60.7 Å². The summed E-state index contributed by atoms with van der Waals surface area (Å²) in [4.78, 5) is 43.5. The monoisotopic (exact) mass is 584 g/mol. The number of carbonyl (C=O) groups excluding carboxylic acids is 2. The van der Waals surface area contributed by atoms with E-state index in [1.807, 2.05) is 62.1 Å². The van der Waals surface area contributed by atoms with Crippen molar-refractivity contribution < 1.29 is 23.5 Å². The largest absolute Gasteiger partial charge is 0.487 e. The van der Waals surface area contributed by atoms with Crippen molar-refractivity contribution in [2.45, 2.75) is 77.4 Å². The van der Waals surface area contributed by atoms with Gasteiger partial charge >= 0.3 is 5.63 Å². The van der Waals surface area contributed by atoms with Crippen molar-refractivity contribution in [3.8, 4) is 11.5 Å². The van der Waals surface area contributed by atoms with Crippen LogP contribution in [0.15, 0.2) is 45.6 Å². The number of amides is 2. The highest BCUT2D eigenvalue weighted by atomic mass is 16.5. The second-order valence-electron chi connectivity index (χ2n) is 13.5. The summed E-state index contributed by atoms with van der Waals surface area (Å²) in [5.74, 6) is 1.97. The number of aryl methyl sites for hydroxylation is 2. The minimum Gasteiger partial charge on any atom is -0.487 e. The van der Waals surface area contributed by atoms with Crippen LogP contribution in [-0.4, -0.2) is 59.5 Å². The topological polar surface area (TPSA) is 89.3 Å². The van der Waals surface area contributed by atoms with Gasteiger partial charge in [-0.05, 0) is 75.8 Å². The summed E-state index contributed by atoms with van der Waals surface area (Å²) in [5, 5.41) is 0.729. The molecule has 3 saturated heterocycles. The quantitative estimate of drug-likeness (QED) is 0.391. The number of hydrogen-bond acceptors (Lipinski definition) is 6. The highest BCUT2D eigenvalue weighted by molar-refractivity contribution is 5.92. The third-order valence-electron chi connectivity index (χ3n) is 10.0. The zero-order valence-electron chi connectivity index (χ0n) is 25.3. The summed E-state index contributed by atoms with van der Waals surface area (Å²) in [6, 6.07) is 12.0. The zero-order chi connectivity index (χ0) is 29.9. The Morgan fingerprint density at radius 2 is 1.91 bits per heavy atom. The van der Waals surface area contributed by atoms with Gasteiger partial charge in [-0.1, -0.05) is 30.3 Å². The number of ether oxygens (including phenoxy) is 2. The van der Waals surface area contributed by atoms with Crippen LogP contribution < -0.4 is 15.1 Å². The number of rotatable bonds is 5. The first-order valence-electron chi connectivity index (χ1n) is 15.7. The molecule has 2 aromatic carbocycles. The van der Waals surface area contributed by atoms with Gasteiger partial charge in [0.1, 0.15) is 22.7 Å². The third kappa shape index (κ3) is 5.19. The minimum absolute atomic E-state index is 0.0584. The summed E-state index contributed by atoms with van der Waals surface area (Å²) >= 11 is 0. The Morgan fingerprint density at radius 3 is 2.72 bits per heavy atom. The van der Waals surface area contributed by atoms with E-state index in [0.29, 0.717) is 60.4 Å². The van der Waals surface area contributed by atoms with Gasteiger partial charge in [0, 0.05) is 55.7 Å². The molecule has 43 heavy (non-hydrogen) atoms. The number of carbonyl (C=O) groups is 2.